The van der Waals surface area contributed by atoms with E-state index >= 15 is 0 Å². The highest BCUT2D eigenvalue weighted by Crippen LogP contribution is 2.34. The standard InChI is InChI=1S/C22H22FN3O4/c1-30-19-13-15(6-9-18(19)26-11-2-3-20(26)27)24-21(28)17-10-12-25(22(17)29)16-7-4-14(23)5-8-16/h4-9,13,17H,2-3,10-12H2,1H3,(H,24,28)/t17-/m1/s1. The molecule has 8 heteroatoms. The van der Waals surface area contributed by atoms with Gasteiger partial charge in [0.15, 0.2) is 0 Å². The van der Waals surface area contributed by atoms with Crippen molar-refractivity contribution in [2.24, 2.45) is 5.92 Å². The Bertz CT molecular complexity index is 992. The molecule has 2 aliphatic rings. The average molecular weight is 411 g/mol. The highest BCUT2D eigenvalue weighted by Gasteiger charge is 2.37. The van der Waals surface area contributed by atoms with Gasteiger partial charge in [-0.25, -0.2) is 4.39 Å². The van der Waals surface area contributed by atoms with Crippen molar-refractivity contribution < 1.29 is 23.5 Å². The Morgan fingerprint density at radius 2 is 1.87 bits per heavy atom. The van der Waals surface area contributed by atoms with E-state index < -0.39 is 11.8 Å². The van der Waals surface area contributed by atoms with Crippen molar-refractivity contribution in [2.75, 3.05) is 35.3 Å². The smallest absolute Gasteiger partial charge is 0.239 e. The maximum Gasteiger partial charge on any atom is 0.239 e. The molecule has 0 aliphatic carbocycles. The molecule has 2 aromatic carbocycles. The molecule has 2 aliphatic heterocycles. The topological polar surface area (TPSA) is 79.0 Å². The molecule has 0 unspecified atom stereocenters. The van der Waals surface area contributed by atoms with Crippen molar-refractivity contribution >= 4 is 34.8 Å². The Morgan fingerprint density at radius 3 is 2.53 bits per heavy atom. The summed E-state index contributed by atoms with van der Waals surface area (Å²) in [4.78, 5) is 40.6. The fraction of sp³-hybridized carbons (Fsp3) is 0.318. The molecule has 0 radical (unpaired) electrons. The molecule has 0 spiro atoms. The van der Waals surface area contributed by atoms with E-state index in [0.717, 1.165) is 6.42 Å². The summed E-state index contributed by atoms with van der Waals surface area (Å²) in [5.74, 6) is -1.40. The van der Waals surface area contributed by atoms with Gasteiger partial charge in [0, 0.05) is 37.0 Å². The van der Waals surface area contributed by atoms with Gasteiger partial charge in [-0.3, -0.25) is 14.4 Å². The highest BCUT2D eigenvalue weighted by molar-refractivity contribution is 6.13. The Morgan fingerprint density at radius 1 is 1.10 bits per heavy atom. The van der Waals surface area contributed by atoms with Crippen molar-refractivity contribution in [3.8, 4) is 5.75 Å². The van der Waals surface area contributed by atoms with E-state index in [4.69, 9.17) is 4.74 Å². The van der Waals surface area contributed by atoms with Crippen LogP contribution < -0.4 is 19.9 Å². The van der Waals surface area contributed by atoms with E-state index in [9.17, 15) is 18.8 Å². The number of nitrogens with zero attached hydrogens (tertiary/aromatic N) is 2. The number of benzene rings is 2. The van der Waals surface area contributed by atoms with Crippen LogP contribution >= 0.6 is 0 Å². The normalized spacial score (nSPS) is 18.8. The number of anilines is 3. The van der Waals surface area contributed by atoms with Crippen LogP contribution in [0, 0.1) is 11.7 Å². The first-order valence-electron chi connectivity index (χ1n) is 9.84. The molecule has 7 nitrogen and oxygen atoms in total. The van der Waals surface area contributed by atoms with Gasteiger partial charge in [0.05, 0.1) is 12.8 Å². The van der Waals surface area contributed by atoms with Crippen molar-refractivity contribution in [2.45, 2.75) is 19.3 Å². The van der Waals surface area contributed by atoms with Crippen LogP contribution in [0.3, 0.4) is 0 Å². The Labute approximate surface area is 173 Å². The molecule has 30 heavy (non-hydrogen) atoms. The molecular weight excluding hydrogens is 389 g/mol. The second-order valence-electron chi connectivity index (χ2n) is 7.33. The zero-order chi connectivity index (χ0) is 21.3. The molecule has 156 valence electrons. The van der Waals surface area contributed by atoms with Gasteiger partial charge in [-0.1, -0.05) is 0 Å². The van der Waals surface area contributed by atoms with E-state index in [2.05, 4.69) is 5.32 Å². The lowest BCUT2D eigenvalue weighted by Crippen LogP contribution is -2.33. The Hall–Kier alpha value is -3.42. The fourth-order valence-electron chi connectivity index (χ4n) is 3.91. The van der Waals surface area contributed by atoms with Gasteiger partial charge in [0.1, 0.15) is 17.5 Å². The van der Waals surface area contributed by atoms with E-state index in [1.807, 2.05) is 0 Å². The highest BCUT2D eigenvalue weighted by atomic mass is 19.1. The molecule has 1 atom stereocenters. The summed E-state index contributed by atoms with van der Waals surface area (Å²) in [5.41, 5.74) is 1.72. The van der Waals surface area contributed by atoms with Gasteiger partial charge in [-0.15, -0.1) is 0 Å². The summed E-state index contributed by atoms with van der Waals surface area (Å²) in [6.45, 7) is 1.03. The van der Waals surface area contributed by atoms with Gasteiger partial charge in [-0.05, 0) is 49.2 Å². The third kappa shape index (κ3) is 3.72. The van der Waals surface area contributed by atoms with Gasteiger partial charge in [-0.2, -0.15) is 0 Å². The van der Waals surface area contributed by atoms with Crippen molar-refractivity contribution in [3.05, 3.63) is 48.3 Å². The number of methoxy groups -OCH3 is 1. The monoisotopic (exact) mass is 411 g/mol. The quantitative estimate of drug-likeness (QED) is 0.768. The van der Waals surface area contributed by atoms with Crippen molar-refractivity contribution in [1.29, 1.82) is 0 Å². The van der Waals surface area contributed by atoms with E-state index in [-0.39, 0.29) is 17.6 Å². The van der Waals surface area contributed by atoms with Crippen LogP contribution in [0.2, 0.25) is 0 Å². The third-order valence-electron chi connectivity index (χ3n) is 5.47. The molecule has 2 fully saturated rings. The first-order valence-corrected chi connectivity index (χ1v) is 9.84. The summed E-state index contributed by atoms with van der Waals surface area (Å²) in [6.07, 6.45) is 1.68. The molecule has 1 N–H and O–H groups in total. The summed E-state index contributed by atoms with van der Waals surface area (Å²) >= 11 is 0. The number of carbonyl (C=O) groups is 3. The van der Waals surface area contributed by atoms with Crippen LogP contribution in [0.15, 0.2) is 42.5 Å². The maximum absolute atomic E-state index is 13.1. The minimum absolute atomic E-state index is 0.0440. The van der Waals surface area contributed by atoms with Crippen LogP contribution in [0.4, 0.5) is 21.5 Å². The zero-order valence-corrected chi connectivity index (χ0v) is 16.6. The lowest BCUT2D eigenvalue weighted by molar-refractivity contribution is -0.129. The predicted molar refractivity (Wildman–Crippen MR) is 110 cm³/mol. The lowest BCUT2D eigenvalue weighted by atomic mass is 10.1. The SMILES string of the molecule is COc1cc(NC(=O)[C@H]2CCN(c3ccc(F)cc3)C2=O)ccc1N1CCCC1=O. The lowest BCUT2D eigenvalue weighted by Gasteiger charge is -2.20. The van der Waals surface area contributed by atoms with Crippen LogP contribution in [0.1, 0.15) is 19.3 Å². The first-order chi connectivity index (χ1) is 14.5. The van der Waals surface area contributed by atoms with Crippen molar-refractivity contribution in [1.82, 2.24) is 0 Å². The number of carbonyl (C=O) groups excluding carboxylic acids is 3. The summed E-state index contributed by atoms with van der Waals surface area (Å²) < 4.78 is 18.5. The minimum Gasteiger partial charge on any atom is -0.494 e. The zero-order valence-electron chi connectivity index (χ0n) is 16.6. The molecule has 2 heterocycles. The van der Waals surface area contributed by atoms with Crippen LogP contribution in [-0.4, -0.2) is 37.9 Å². The molecule has 0 saturated carbocycles. The first kappa shape index (κ1) is 19.9. The summed E-state index contributed by atoms with van der Waals surface area (Å²) in [6, 6.07) is 10.7. The van der Waals surface area contributed by atoms with Gasteiger partial charge < -0.3 is 19.9 Å². The number of hydrogen-bond acceptors (Lipinski definition) is 4. The Kier molecular flexibility index (Phi) is 5.39. The molecule has 2 aromatic rings. The summed E-state index contributed by atoms with van der Waals surface area (Å²) in [5, 5.41) is 2.77. The number of rotatable bonds is 5. The minimum atomic E-state index is -0.819. The van der Waals surface area contributed by atoms with E-state index in [0.29, 0.717) is 48.7 Å². The number of amides is 3. The Balaban J connectivity index is 1.46. The van der Waals surface area contributed by atoms with Crippen molar-refractivity contribution in [3.63, 3.8) is 0 Å². The van der Waals surface area contributed by atoms with Gasteiger partial charge in [0.25, 0.3) is 0 Å². The predicted octanol–water partition coefficient (Wildman–Crippen LogP) is 2.95. The average Bonchev–Trinajstić information content (AvgIpc) is 3.34. The molecule has 0 bridgehead atoms. The number of nitrogens with one attached hydrogen (secondary N) is 1. The van der Waals surface area contributed by atoms with Crippen LogP contribution in [-0.2, 0) is 14.4 Å². The third-order valence-corrected chi connectivity index (χ3v) is 5.47. The second kappa shape index (κ2) is 8.14. The van der Waals surface area contributed by atoms with Crippen LogP contribution in [0.5, 0.6) is 5.75 Å². The van der Waals surface area contributed by atoms with E-state index in [1.165, 1.54) is 36.3 Å². The van der Waals surface area contributed by atoms with E-state index in [1.54, 1.807) is 23.1 Å². The molecular formula is C22H22FN3O4. The fourth-order valence-corrected chi connectivity index (χ4v) is 3.91. The largest absolute Gasteiger partial charge is 0.494 e. The van der Waals surface area contributed by atoms with Gasteiger partial charge >= 0.3 is 0 Å². The number of hydrogen-bond donors (Lipinski definition) is 1. The van der Waals surface area contributed by atoms with Gasteiger partial charge in [0.2, 0.25) is 17.7 Å². The number of halogens is 1. The summed E-state index contributed by atoms with van der Waals surface area (Å²) in [7, 11) is 1.51. The second-order valence-corrected chi connectivity index (χ2v) is 7.33. The molecule has 0 aromatic heterocycles. The molecule has 3 amide bonds. The number of ether oxygens (including phenoxy) is 1. The maximum atomic E-state index is 13.1. The van der Waals surface area contributed by atoms with Crippen LogP contribution in [0.25, 0.3) is 0 Å². The molecule has 4 rings (SSSR count). The molecule has 2 saturated heterocycles.